The van der Waals surface area contributed by atoms with Gasteiger partial charge < -0.3 is 10.2 Å². The Morgan fingerprint density at radius 2 is 1.47 bits per heavy atom. The zero-order valence-electron chi connectivity index (χ0n) is 7.48. The Balaban J connectivity index is 0.000000336. The Kier molecular flexibility index (Phi) is 5.39. The number of aliphatic hydroxyl groups excluding tert-OH is 1. The first kappa shape index (κ1) is 13.4. The van der Waals surface area contributed by atoms with Gasteiger partial charge in [0, 0.05) is 6.08 Å². The molecule has 0 aliphatic heterocycles. The largest absolute Gasteiger partial charge is 0.481 e. The minimum absolute atomic E-state index is 0.661. The molecule has 0 bridgehead atoms. The van der Waals surface area contributed by atoms with Gasteiger partial charge in [0.05, 0.1) is 0 Å². The van der Waals surface area contributed by atoms with Crippen molar-refractivity contribution in [3.05, 3.63) is 41.8 Å². The van der Waals surface area contributed by atoms with Crippen molar-refractivity contribution in [1.82, 2.24) is 0 Å². The van der Waals surface area contributed by atoms with E-state index in [1.165, 1.54) is 6.08 Å². The lowest BCUT2D eigenvalue weighted by Crippen LogP contribution is -1.89. The van der Waals surface area contributed by atoms with Crippen LogP contribution in [0, 0.1) is 0 Å². The predicted octanol–water partition coefficient (Wildman–Crippen LogP) is 1.45. The summed E-state index contributed by atoms with van der Waals surface area (Å²) < 4.78 is 31.6. The summed E-state index contributed by atoms with van der Waals surface area (Å²) in [6, 6.07) is 9.09. The van der Waals surface area contributed by atoms with E-state index >= 15 is 0 Å². The van der Waals surface area contributed by atoms with Crippen LogP contribution in [0.5, 0.6) is 0 Å². The van der Waals surface area contributed by atoms with Gasteiger partial charge in [0.15, 0.2) is 0 Å². The maximum atomic E-state index is 8.74. The summed E-state index contributed by atoms with van der Waals surface area (Å²) in [7, 11) is -4.67. The van der Waals surface area contributed by atoms with E-state index in [4.69, 9.17) is 27.7 Å². The molecule has 0 saturated carbocycles. The smallest absolute Gasteiger partial charge is 0.394 e. The topological polar surface area (TPSA) is 115 Å². The van der Waals surface area contributed by atoms with Crippen LogP contribution in [0.15, 0.2) is 36.3 Å². The first-order valence-electron chi connectivity index (χ1n) is 3.63. The molecule has 7 heteroatoms. The van der Waals surface area contributed by atoms with Gasteiger partial charge in [-0.2, -0.15) is 8.42 Å². The lowest BCUT2D eigenvalue weighted by atomic mass is 10.2. The summed E-state index contributed by atoms with van der Waals surface area (Å²) in [5.41, 5.74) is 0.780. The predicted molar refractivity (Wildman–Crippen MR) is 53.9 cm³/mol. The molecule has 6 nitrogen and oxygen atoms in total. The van der Waals surface area contributed by atoms with Crippen molar-refractivity contribution in [3.8, 4) is 0 Å². The van der Waals surface area contributed by atoms with Gasteiger partial charge in [0.25, 0.3) is 5.95 Å². The van der Waals surface area contributed by atoms with Crippen LogP contribution in [-0.4, -0.2) is 27.7 Å². The van der Waals surface area contributed by atoms with Crippen molar-refractivity contribution in [1.29, 1.82) is 0 Å². The zero-order chi connectivity index (χ0) is 11.9. The number of hydrogen-bond donors (Lipinski definition) is 4. The molecule has 0 fully saturated rings. The molecule has 1 aromatic carbocycles. The number of hydrogen-bond acceptors (Lipinski definition) is 4. The first-order chi connectivity index (χ1) is 6.79. The summed E-state index contributed by atoms with van der Waals surface area (Å²) in [5.74, 6) is -0.661. The van der Waals surface area contributed by atoms with E-state index in [2.05, 4.69) is 0 Å². The molecule has 0 amide bonds. The highest BCUT2D eigenvalue weighted by Gasteiger charge is 1.86. The molecule has 4 N–H and O–H groups in total. The Bertz CT molecular complexity index is 396. The first-order valence-corrected chi connectivity index (χ1v) is 5.03. The van der Waals surface area contributed by atoms with E-state index in [0.717, 1.165) is 5.56 Å². The van der Waals surface area contributed by atoms with E-state index in [9.17, 15) is 0 Å². The Hall–Kier alpha value is -1.57. The van der Waals surface area contributed by atoms with Gasteiger partial charge in [-0.1, -0.05) is 30.3 Å². The summed E-state index contributed by atoms with van der Waals surface area (Å²) in [6.45, 7) is 0. The summed E-state index contributed by atoms with van der Waals surface area (Å²) >= 11 is 0. The Morgan fingerprint density at radius 1 is 1.07 bits per heavy atom. The maximum Gasteiger partial charge on any atom is 0.394 e. The van der Waals surface area contributed by atoms with Gasteiger partial charge in [-0.25, -0.2) is 0 Å². The minimum atomic E-state index is -4.67. The number of rotatable bonds is 1. The van der Waals surface area contributed by atoms with Crippen molar-refractivity contribution in [3.63, 3.8) is 0 Å². The second kappa shape index (κ2) is 6.02. The second-order valence-electron chi connectivity index (χ2n) is 2.36. The lowest BCUT2D eigenvalue weighted by molar-refractivity contribution is 0.197. The van der Waals surface area contributed by atoms with Crippen LogP contribution in [0.1, 0.15) is 5.56 Å². The molecule has 0 spiro atoms. The normalized spacial score (nSPS) is 9.73. The SMILES string of the molecule is O=S(=O)(O)O.OC(O)=Cc1ccccc1. The van der Waals surface area contributed by atoms with Gasteiger partial charge in [0.2, 0.25) is 0 Å². The fraction of sp³-hybridized carbons (Fsp3) is 0. The molecule has 0 unspecified atom stereocenters. The van der Waals surface area contributed by atoms with Crippen molar-refractivity contribution < 1.29 is 27.7 Å². The highest BCUT2D eigenvalue weighted by Crippen LogP contribution is 2.01. The van der Waals surface area contributed by atoms with Gasteiger partial charge in [-0.3, -0.25) is 9.11 Å². The highest BCUT2D eigenvalue weighted by atomic mass is 32.3. The maximum absolute atomic E-state index is 8.74. The molecule has 0 aliphatic rings. The molecule has 0 saturated heterocycles. The van der Waals surface area contributed by atoms with Gasteiger partial charge in [-0.15, -0.1) is 0 Å². The number of benzene rings is 1. The molecule has 15 heavy (non-hydrogen) atoms. The van der Waals surface area contributed by atoms with Crippen molar-refractivity contribution >= 4 is 16.5 Å². The van der Waals surface area contributed by atoms with Crippen LogP contribution < -0.4 is 0 Å². The third-order valence-corrected chi connectivity index (χ3v) is 1.10. The van der Waals surface area contributed by atoms with E-state index in [0.29, 0.717) is 0 Å². The lowest BCUT2D eigenvalue weighted by Gasteiger charge is -1.89. The second-order valence-corrected chi connectivity index (χ2v) is 3.26. The van der Waals surface area contributed by atoms with Crippen LogP contribution >= 0.6 is 0 Å². The summed E-state index contributed by atoms with van der Waals surface area (Å²) in [5, 5.41) is 16.8. The van der Waals surface area contributed by atoms with Crippen LogP contribution in [0.3, 0.4) is 0 Å². The quantitative estimate of drug-likeness (QED) is 0.431. The van der Waals surface area contributed by atoms with E-state index in [1.807, 2.05) is 18.2 Å². The Morgan fingerprint density at radius 3 is 1.80 bits per heavy atom. The fourth-order valence-corrected chi connectivity index (χ4v) is 0.698. The van der Waals surface area contributed by atoms with Crippen LogP contribution in [-0.2, 0) is 10.4 Å². The molecule has 0 heterocycles. The fourth-order valence-electron chi connectivity index (χ4n) is 0.698. The van der Waals surface area contributed by atoms with Crippen molar-refractivity contribution in [2.45, 2.75) is 0 Å². The molecular weight excluding hydrogens is 224 g/mol. The summed E-state index contributed by atoms with van der Waals surface area (Å²) in [4.78, 5) is 0. The minimum Gasteiger partial charge on any atom is -0.481 e. The Labute approximate surface area is 86.7 Å². The molecule has 0 aromatic heterocycles. The zero-order valence-corrected chi connectivity index (χ0v) is 8.29. The highest BCUT2D eigenvalue weighted by molar-refractivity contribution is 7.79. The van der Waals surface area contributed by atoms with Crippen molar-refractivity contribution in [2.24, 2.45) is 0 Å². The average molecular weight is 234 g/mol. The average Bonchev–Trinajstić information content (AvgIpc) is 2.01. The van der Waals surface area contributed by atoms with Gasteiger partial charge >= 0.3 is 10.4 Å². The molecule has 0 atom stereocenters. The van der Waals surface area contributed by atoms with Crippen molar-refractivity contribution in [2.75, 3.05) is 0 Å². The third kappa shape index (κ3) is 12.4. The molecule has 0 aliphatic carbocycles. The molecular formula is C8H10O6S. The molecule has 1 aromatic rings. The molecule has 1 rings (SSSR count). The standard InChI is InChI=1S/C8H8O2.H2O4S/c9-8(10)6-7-4-2-1-3-5-7;1-5(2,3)4/h1-6,9-10H;(H2,1,2,3,4). The van der Waals surface area contributed by atoms with E-state index in [1.54, 1.807) is 12.1 Å². The van der Waals surface area contributed by atoms with Crippen LogP contribution in [0.2, 0.25) is 0 Å². The monoisotopic (exact) mass is 234 g/mol. The number of aliphatic hydroxyl groups is 2. The summed E-state index contributed by atoms with van der Waals surface area (Å²) in [6.07, 6.45) is 1.28. The van der Waals surface area contributed by atoms with Gasteiger partial charge in [-0.05, 0) is 5.56 Å². The third-order valence-electron chi connectivity index (χ3n) is 1.10. The molecule has 84 valence electrons. The molecule has 0 radical (unpaired) electrons. The van der Waals surface area contributed by atoms with Gasteiger partial charge in [0.1, 0.15) is 0 Å². The van der Waals surface area contributed by atoms with Crippen LogP contribution in [0.25, 0.3) is 6.08 Å². The van der Waals surface area contributed by atoms with Crippen LogP contribution in [0.4, 0.5) is 0 Å². The van der Waals surface area contributed by atoms with E-state index in [-0.39, 0.29) is 0 Å². The van der Waals surface area contributed by atoms with E-state index < -0.39 is 16.3 Å².